The van der Waals surface area contributed by atoms with E-state index in [9.17, 15) is 13.2 Å². The van der Waals surface area contributed by atoms with E-state index >= 15 is 0 Å². The second kappa shape index (κ2) is 10.5. The van der Waals surface area contributed by atoms with Crippen LogP contribution in [0.25, 0.3) is 0 Å². The molecule has 3 aromatic carbocycles. The Morgan fingerprint density at radius 3 is 2.31 bits per heavy atom. The molecule has 8 heteroatoms. The molecular formula is C27H30N2O5S. The maximum atomic E-state index is 13.1. The number of amides is 1. The number of methoxy groups -OCH3 is 1. The van der Waals surface area contributed by atoms with E-state index < -0.39 is 10.0 Å². The van der Waals surface area contributed by atoms with Crippen molar-refractivity contribution in [2.24, 2.45) is 0 Å². The molecule has 3 aromatic rings. The van der Waals surface area contributed by atoms with Crippen LogP contribution in [0.15, 0.2) is 71.6 Å². The van der Waals surface area contributed by atoms with Crippen molar-refractivity contribution in [3.05, 3.63) is 83.4 Å². The third-order valence-corrected chi connectivity index (χ3v) is 7.94. The molecule has 0 aliphatic carbocycles. The number of carbonyl (C=O) groups is 1. The molecule has 1 aliphatic heterocycles. The van der Waals surface area contributed by atoms with Gasteiger partial charge in [-0.05, 0) is 77.6 Å². The summed E-state index contributed by atoms with van der Waals surface area (Å²) in [7, 11) is -2.10. The molecule has 0 bridgehead atoms. The summed E-state index contributed by atoms with van der Waals surface area (Å²) in [6.45, 7) is 4.77. The fraction of sp³-hybridized carbons (Fsp3) is 0.296. The summed E-state index contributed by atoms with van der Waals surface area (Å²) < 4.78 is 38.5. The van der Waals surface area contributed by atoms with Gasteiger partial charge in [-0.15, -0.1) is 0 Å². The lowest BCUT2D eigenvalue weighted by Gasteiger charge is -2.28. The summed E-state index contributed by atoms with van der Waals surface area (Å²) >= 11 is 0. The smallest absolute Gasteiger partial charge is 0.262 e. The zero-order valence-electron chi connectivity index (χ0n) is 20.2. The molecule has 1 heterocycles. The van der Waals surface area contributed by atoms with Crippen LogP contribution < -0.4 is 14.8 Å². The number of anilines is 1. The summed E-state index contributed by atoms with van der Waals surface area (Å²) in [6, 6.07) is 19.7. The Morgan fingerprint density at radius 2 is 1.66 bits per heavy atom. The molecule has 4 rings (SSSR count). The predicted molar refractivity (Wildman–Crippen MR) is 135 cm³/mol. The molecule has 0 saturated heterocycles. The van der Waals surface area contributed by atoms with Gasteiger partial charge in [0.25, 0.3) is 5.91 Å². The lowest BCUT2D eigenvalue weighted by Crippen LogP contribution is -2.36. The van der Waals surface area contributed by atoms with Gasteiger partial charge in [0.15, 0.2) is 6.61 Å². The highest BCUT2D eigenvalue weighted by Gasteiger charge is 2.28. The van der Waals surface area contributed by atoms with E-state index in [1.807, 2.05) is 42.5 Å². The Morgan fingerprint density at radius 1 is 0.971 bits per heavy atom. The monoisotopic (exact) mass is 494 g/mol. The first-order chi connectivity index (χ1) is 16.8. The molecule has 0 spiro atoms. The quantitative estimate of drug-likeness (QED) is 0.495. The zero-order valence-corrected chi connectivity index (χ0v) is 21.0. The van der Waals surface area contributed by atoms with Crippen LogP contribution in [0.4, 0.5) is 5.69 Å². The molecule has 1 N–H and O–H groups in total. The van der Waals surface area contributed by atoms with Crippen molar-refractivity contribution in [1.29, 1.82) is 0 Å². The van der Waals surface area contributed by atoms with Crippen LogP contribution in [0.1, 0.15) is 36.5 Å². The molecule has 1 aliphatic rings. The summed E-state index contributed by atoms with van der Waals surface area (Å²) in [5, 5.41) is 2.84. The van der Waals surface area contributed by atoms with Gasteiger partial charge >= 0.3 is 0 Å². The average Bonchev–Trinajstić information content (AvgIpc) is 2.87. The van der Waals surface area contributed by atoms with Crippen LogP contribution in [0.2, 0.25) is 0 Å². The molecule has 35 heavy (non-hydrogen) atoms. The third kappa shape index (κ3) is 5.83. The van der Waals surface area contributed by atoms with Gasteiger partial charge in [0, 0.05) is 18.8 Å². The number of nitrogens with one attached hydrogen (secondary N) is 1. The minimum absolute atomic E-state index is 0.115. The van der Waals surface area contributed by atoms with Gasteiger partial charge in [-0.2, -0.15) is 4.31 Å². The van der Waals surface area contributed by atoms with E-state index in [4.69, 9.17) is 9.47 Å². The first kappa shape index (κ1) is 24.8. The summed E-state index contributed by atoms with van der Waals surface area (Å²) in [5.41, 5.74) is 3.76. The summed E-state index contributed by atoms with van der Waals surface area (Å²) in [6.07, 6.45) is 0.606. The van der Waals surface area contributed by atoms with Crippen molar-refractivity contribution in [2.45, 2.75) is 37.6 Å². The van der Waals surface area contributed by atoms with E-state index in [0.29, 0.717) is 36.1 Å². The molecule has 7 nitrogen and oxygen atoms in total. The standard InChI is InChI=1S/C27H30N2O5S/c1-19(2)20-5-8-25(9-6-20)34-18-27(30)28-23-7-4-21-14-15-29(17-22(21)16-23)35(31,32)26-12-10-24(33-3)11-13-26/h4-13,16,19H,14-15,17-18H2,1-3H3,(H,28,30). The largest absolute Gasteiger partial charge is 0.497 e. The molecule has 0 radical (unpaired) electrons. The Bertz CT molecular complexity index is 1290. The number of fused-ring (bicyclic) bond motifs is 1. The maximum Gasteiger partial charge on any atom is 0.262 e. The third-order valence-electron chi connectivity index (χ3n) is 6.08. The van der Waals surface area contributed by atoms with Crippen LogP contribution in [-0.4, -0.2) is 38.9 Å². The maximum absolute atomic E-state index is 13.1. The average molecular weight is 495 g/mol. The van der Waals surface area contributed by atoms with Gasteiger partial charge in [-0.3, -0.25) is 4.79 Å². The number of ether oxygens (including phenoxy) is 2. The lowest BCUT2D eigenvalue weighted by molar-refractivity contribution is -0.118. The van der Waals surface area contributed by atoms with Crippen molar-refractivity contribution in [2.75, 3.05) is 25.6 Å². The van der Waals surface area contributed by atoms with Crippen molar-refractivity contribution >= 4 is 21.6 Å². The lowest BCUT2D eigenvalue weighted by atomic mass is 10.0. The van der Waals surface area contributed by atoms with Gasteiger partial charge in [0.2, 0.25) is 10.0 Å². The van der Waals surface area contributed by atoms with Crippen molar-refractivity contribution in [1.82, 2.24) is 4.31 Å². The van der Waals surface area contributed by atoms with E-state index in [1.165, 1.54) is 17.0 Å². The Kier molecular flexibility index (Phi) is 7.42. The minimum atomic E-state index is -3.64. The SMILES string of the molecule is COc1ccc(S(=O)(=O)N2CCc3ccc(NC(=O)COc4ccc(C(C)C)cc4)cc3C2)cc1. The fourth-order valence-corrected chi connectivity index (χ4v) is 5.42. The highest BCUT2D eigenvalue weighted by Crippen LogP contribution is 2.28. The van der Waals surface area contributed by atoms with Crippen LogP contribution in [0.5, 0.6) is 11.5 Å². The predicted octanol–water partition coefficient (Wildman–Crippen LogP) is 4.58. The Labute approximate surface area is 206 Å². The number of sulfonamides is 1. The second-order valence-corrected chi connectivity index (χ2v) is 10.7. The molecule has 0 atom stereocenters. The normalized spacial score (nSPS) is 13.8. The summed E-state index contributed by atoms with van der Waals surface area (Å²) in [4.78, 5) is 12.7. The number of nitrogens with zero attached hydrogens (tertiary/aromatic N) is 1. The molecule has 0 aromatic heterocycles. The molecule has 0 unspecified atom stereocenters. The van der Waals surface area contributed by atoms with Gasteiger partial charge in [0.05, 0.1) is 12.0 Å². The van der Waals surface area contributed by atoms with E-state index in [-0.39, 0.29) is 24.0 Å². The van der Waals surface area contributed by atoms with E-state index in [0.717, 1.165) is 11.1 Å². The van der Waals surface area contributed by atoms with Crippen LogP contribution >= 0.6 is 0 Å². The first-order valence-corrected chi connectivity index (χ1v) is 13.0. The van der Waals surface area contributed by atoms with E-state index in [2.05, 4.69) is 19.2 Å². The topological polar surface area (TPSA) is 84.9 Å². The number of hydrogen-bond acceptors (Lipinski definition) is 5. The Balaban J connectivity index is 1.39. The highest BCUT2D eigenvalue weighted by molar-refractivity contribution is 7.89. The number of carbonyl (C=O) groups excluding carboxylic acids is 1. The number of hydrogen-bond donors (Lipinski definition) is 1. The van der Waals surface area contributed by atoms with Crippen LogP contribution in [0.3, 0.4) is 0 Å². The van der Waals surface area contributed by atoms with Gasteiger partial charge in [-0.25, -0.2) is 8.42 Å². The first-order valence-electron chi connectivity index (χ1n) is 11.5. The second-order valence-electron chi connectivity index (χ2n) is 8.81. The summed E-state index contributed by atoms with van der Waals surface area (Å²) in [5.74, 6) is 1.38. The molecule has 184 valence electrons. The minimum Gasteiger partial charge on any atom is -0.497 e. The molecule has 0 fully saturated rings. The molecule has 0 saturated carbocycles. The number of benzene rings is 3. The highest BCUT2D eigenvalue weighted by atomic mass is 32.2. The Hall–Kier alpha value is -3.36. The van der Waals surface area contributed by atoms with E-state index in [1.54, 1.807) is 24.3 Å². The van der Waals surface area contributed by atoms with Crippen molar-refractivity contribution in [3.8, 4) is 11.5 Å². The van der Waals surface area contributed by atoms with Gasteiger partial charge < -0.3 is 14.8 Å². The number of rotatable bonds is 8. The molecule has 1 amide bonds. The van der Waals surface area contributed by atoms with Crippen molar-refractivity contribution < 1.29 is 22.7 Å². The van der Waals surface area contributed by atoms with Crippen LogP contribution in [0, 0.1) is 0 Å². The van der Waals surface area contributed by atoms with Gasteiger partial charge in [0.1, 0.15) is 11.5 Å². The fourth-order valence-electron chi connectivity index (χ4n) is 4.01. The van der Waals surface area contributed by atoms with Crippen LogP contribution in [-0.2, 0) is 27.8 Å². The van der Waals surface area contributed by atoms with Crippen molar-refractivity contribution in [3.63, 3.8) is 0 Å². The molecular weight excluding hydrogens is 464 g/mol. The van der Waals surface area contributed by atoms with Gasteiger partial charge in [-0.1, -0.05) is 32.0 Å². The zero-order chi connectivity index (χ0) is 25.0.